The molecule has 0 aromatic rings. The second kappa shape index (κ2) is 7.57. The van der Waals surface area contributed by atoms with Gasteiger partial charge in [-0.2, -0.15) is 0 Å². The Kier molecular flexibility index (Phi) is 7.13. The lowest BCUT2D eigenvalue weighted by Gasteiger charge is -2.10. The second-order valence-corrected chi connectivity index (χ2v) is 3.21. The fraction of sp³-hybridized carbons (Fsp3) is 0.538. The van der Waals surface area contributed by atoms with Crippen LogP contribution in [0.1, 0.15) is 33.6 Å². The van der Waals surface area contributed by atoms with Crippen LogP contribution in [0.2, 0.25) is 0 Å². The van der Waals surface area contributed by atoms with Gasteiger partial charge in [-0.3, -0.25) is 0 Å². The highest BCUT2D eigenvalue weighted by Crippen LogP contribution is 2.26. The van der Waals surface area contributed by atoms with Crippen molar-refractivity contribution in [2.24, 2.45) is 0 Å². The topological polar surface area (TPSA) is 12.0 Å². The maximum Gasteiger partial charge on any atom is 0.0320 e. The lowest BCUT2D eigenvalue weighted by molar-refractivity contribution is 0.635. The normalized spacial score (nSPS) is 21.0. The van der Waals surface area contributed by atoms with Crippen LogP contribution in [0.4, 0.5) is 0 Å². The first-order valence-corrected chi connectivity index (χ1v) is 5.45. The summed E-state index contributed by atoms with van der Waals surface area (Å²) in [4.78, 5) is 0. The predicted octanol–water partition coefficient (Wildman–Crippen LogP) is 3.45. The molecule has 1 rings (SSSR count). The standard InChI is InChI=1S/C11H17N.C2H6/c1-4-5-6-10-9(2)7-8-11(10)12-3;1-2/h4-6,11-12H,1,7-8H2,2-3H3;1-2H3/b6-5-;. The van der Waals surface area contributed by atoms with Gasteiger partial charge in [0.1, 0.15) is 0 Å². The molecular weight excluding hydrogens is 170 g/mol. The van der Waals surface area contributed by atoms with Crippen LogP contribution in [-0.4, -0.2) is 13.1 Å². The van der Waals surface area contributed by atoms with E-state index >= 15 is 0 Å². The van der Waals surface area contributed by atoms with E-state index in [0.29, 0.717) is 6.04 Å². The van der Waals surface area contributed by atoms with Gasteiger partial charge in [-0.1, -0.05) is 44.2 Å². The van der Waals surface area contributed by atoms with Crippen molar-refractivity contribution < 1.29 is 0 Å². The molecule has 0 bridgehead atoms. The first kappa shape index (κ1) is 13.2. The van der Waals surface area contributed by atoms with E-state index in [9.17, 15) is 0 Å². The van der Waals surface area contributed by atoms with Crippen molar-refractivity contribution in [3.63, 3.8) is 0 Å². The van der Waals surface area contributed by atoms with Crippen LogP contribution in [0.25, 0.3) is 0 Å². The van der Waals surface area contributed by atoms with E-state index in [0.717, 1.165) is 0 Å². The van der Waals surface area contributed by atoms with Crippen molar-refractivity contribution in [2.45, 2.75) is 39.7 Å². The molecule has 0 amide bonds. The van der Waals surface area contributed by atoms with Crippen molar-refractivity contribution in [3.8, 4) is 0 Å². The van der Waals surface area contributed by atoms with Crippen LogP contribution in [0.3, 0.4) is 0 Å². The lowest BCUT2D eigenvalue weighted by atomic mass is 10.1. The molecule has 0 aromatic carbocycles. The molecule has 0 aromatic heterocycles. The van der Waals surface area contributed by atoms with Gasteiger partial charge in [-0.25, -0.2) is 0 Å². The molecule has 0 spiro atoms. The van der Waals surface area contributed by atoms with Gasteiger partial charge in [0.25, 0.3) is 0 Å². The van der Waals surface area contributed by atoms with Crippen molar-refractivity contribution in [2.75, 3.05) is 7.05 Å². The Morgan fingerprint density at radius 1 is 1.43 bits per heavy atom. The summed E-state index contributed by atoms with van der Waals surface area (Å²) in [7, 11) is 2.02. The molecule has 1 aliphatic rings. The quantitative estimate of drug-likeness (QED) is 0.677. The van der Waals surface area contributed by atoms with Gasteiger partial charge >= 0.3 is 0 Å². The average molecular weight is 193 g/mol. The van der Waals surface area contributed by atoms with Gasteiger partial charge in [0, 0.05) is 6.04 Å². The lowest BCUT2D eigenvalue weighted by Crippen LogP contribution is -2.23. The van der Waals surface area contributed by atoms with Crippen molar-refractivity contribution >= 4 is 0 Å². The molecule has 0 saturated carbocycles. The monoisotopic (exact) mass is 193 g/mol. The van der Waals surface area contributed by atoms with E-state index in [2.05, 4.69) is 24.9 Å². The van der Waals surface area contributed by atoms with Crippen LogP contribution >= 0.6 is 0 Å². The van der Waals surface area contributed by atoms with E-state index < -0.39 is 0 Å². The molecule has 14 heavy (non-hydrogen) atoms. The van der Waals surface area contributed by atoms with E-state index in [-0.39, 0.29) is 0 Å². The molecule has 1 N–H and O–H groups in total. The molecule has 1 unspecified atom stereocenters. The summed E-state index contributed by atoms with van der Waals surface area (Å²) >= 11 is 0. The number of nitrogens with one attached hydrogen (secondary N) is 1. The maximum atomic E-state index is 3.67. The largest absolute Gasteiger partial charge is 0.313 e. The summed E-state index contributed by atoms with van der Waals surface area (Å²) in [5, 5.41) is 3.31. The number of allylic oxidation sites excluding steroid dienone is 3. The van der Waals surface area contributed by atoms with Gasteiger partial charge in [0.15, 0.2) is 0 Å². The maximum absolute atomic E-state index is 3.67. The number of hydrogen-bond acceptors (Lipinski definition) is 1. The molecule has 1 nitrogen and oxygen atoms in total. The highest BCUT2D eigenvalue weighted by atomic mass is 14.9. The minimum absolute atomic E-state index is 0.557. The second-order valence-electron chi connectivity index (χ2n) is 3.21. The van der Waals surface area contributed by atoms with Gasteiger partial charge in [0.2, 0.25) is 0 Å². The Morgan fingerprint density at radius 3 is 2.57 bits per heavy atom. The van der Waals surface area contributed by atoms with E-state index in [1.807, 2.05) is 33.0 Å². The first-order chi connectivity index (χ1) is 6.79. The molecule has 80 valence electrons. The summed E-state index contributed by atoms with van der Waals surface area (Å²) in [6.07, 6.45) is 8.46. The van der Waals surface area contributed by atoms with Gasteiger partial charge in [-0.05, 0) is 32.4 Å². The number of likely N-dealkylation sites (N-methyl/N-ethyl adjacent to an activating group) is 1. The zero-order valence-corrected chi connectivity index (χ0v) is 9.93. The summed E-state index contributed by atoms with van der Waals surface area (Å²) in [5.41, 5.74) is 2.95. The SMILES string of the molecule is C=C/C=C\C1=C(C)CCC1NC.CC. The Morgan fingerprint density at radius 2 is 2.07 bits per heavy atom. The van der Waals surface area contributed by atoms with E-state index in [4.69, 9.17) is 0 Å². The van der Waals surface area contributed by atoms with Crippen molar-refractivity contribution in [1.29, 1.82) is 0 Å². The average Bonchev–Trinajstić information content (AvgIpc) is 2.59. The molecular formula is C13H23N. The van der Waals surface area contributed by atoms with Crippen LogP contribution in [0.15, 0.2) is 36.0 Å². The highest BCUT2D eigenvalue weighted by molar-refractivity contribution is 5.35. The molecule has 0 radical (unpaired) electrons. The van der Waals surface area contributed by atoms with Crippen molar-refractivity contribution in [1.82, 2.24) is 5.32 Å². The minimum atomic E-state index is 0.557. The van der Waals surface area contributed by atoms with E-state index in [1.54, 1.807) is 0 Å². The summed E-state index contributed by atoms with van der Waals surface area (Å²) in [6.45, 7) is 9.88. The molecule has 0 saturated heterocycles. The Balaban J connectivity index is 0.000000791. The van der Waals surface area contributed by atoms with Crippen molar-refractivity contribution in [3.05, 3.63) is 36.0 Å². The van der Waals surface area contributed by atoms with Crippen LogP contribution in [0, 0.1) is 0 Å². The first-order valence-electron chi connectivity index (χ1n) is 5.45. The molecule has 1 heteroatoms. The van der Waals surface area contributed by atoms with Gasteiger partial charge < -0.3 is 5.32 Å². The minimum Gasteiger partial charge on any atom is -0.313 e. The summed E-state index contributed by atoms with van der Waals surface area (Å²) in [5.74, 6) is 0. The van der Waals surface area contributed by atoms with Crippen LogP contribution < -0.4 is 5.32 Å². The fourth-order valence-corrected chi connectivity index (χ4v) is 1.69. The molecule has 0 aliphatic heterocycles. The third-order valence-corrected chi connectivity index (χ3v) is 2.44. The Bertz CT molecular complexity index is 223. The molecule has 0 heterocycles. The highest BCUT2D eigenvalue weighted by Gasteiger charge is 2.18. The van der Waals surface area contributed by atoms with Gasteiger partial charge in [-0.15, -0.1) is 0 Å². The number of hydrogen-bond donors (Lipinski definition) is 1. The van der Waals surface area contributed by atoms with Crippen LogP contribution in [0.5, 0.6) is 0 Å². The summed E-state index contributed by atoms with van der Waals surface area (Å²) < 4.78 is 0. The molecule has 1 atom stereocenters. The predicted molar refractivity (Wildman–Crippen MR) is 65.5 cm³/mol. The summed E-state index contributed by atoms with van der Waals surface area (Å²) in [6, 6.07) is 0.557. The third kappa shape index (κ3) is 3.51. The van der Waals surface area contributed by atoms with Gasteiger partial charge in [0.05, 0.1) is 0 Å². The number of rotatable bonds is 3. The smallest absolute Gasteiger partial charge is 0.0320 e. The third-order valence-electron chi connectivity index (χ3n) is 2.44. The van der Waals surface area contributed by atoms with E-state index in [1.165, 1.54) is 24.0 Å². The Labute approximate surface area is 88.6 Å². The Hall–Kier alpha value is -0.820. The molecule has 1 aliphatic carbocycles. The van der Waals surface area contributed by atoms with Crippen LogP contribution in [-0.2, 0) is 0 Å². The zero-order chi connectivity index (χ0) is 11.0. The zero-order valence-electron chi connectivity index (χ0n) is 9.93. The molecule has 0 fully saturated rings. The fourth-order valence-electron chi connectivity index (χ4n) is 1.69.